The molecule has 5 rings (SSSR count). The van der Waals surface area contributed by atoms with Gasteiger partial charge in [-0.2, -0.15) is 9.78 Å². The Labute approximate surface area is 166 Å². The highest BCUT2D eigenvalue weighted by Crippen LogP contribution is 2.38. The number of aromatic nitrogens is 3. The molecule has 3 heterocycles. The van der Waals surface area contributed by atoms with Crippen molar-refractivity contribution in [3.63, 3.8) is 0 Å². The van der Waals surface area contributed by atoms with Crippen LogP contribution in [0.5, 0.6) is 0 Å². The SMILES string of the molecule is Cc1cc(/C=N/n2cnc3scc(-c4ccccc4)c3c2=O)c(C)n1C1CC1. The van der Waals surface area contributed by atoms with E-state index in [9.17, 15) is 4.79 Å². The zero-order chi connectivity index (χ0) is 19.3. The molecule has 1 aliphatic carbocycles. The average Bonchev–Trinajstić information content (AvgIpc) is 3.36. The summed E-state index contributed by atoms with van der Waals surface area (Å²) < 4.78 is 3.71. The maximum absolute atomic E-state index is 13.1. The Morgan fingerprint density at radius 3 is 2.75 bits per heavy atom. The largest absolute Gasteiger partial charge is 0.345 e. The summed E-state index contributed by atoms with van der Waals surface area (Å²) in [6, 6.07) is 12.7. The average molecular weight is 388 g/mol. The Bertz CT molecular complexity index is 1260. The Hall–Kier alpha value is -2.99. The minimum atomic E-state index is -0.141. The van der Waals surface area contributed by atoms with Crippen LogP contribution in [0, 0.1) is 13.8 Å². The smallest absolute Gasteiger partial charge is 0.283 e. The molecule has 1 fully saturated rings. The van der Waals surface area contributed by atoms with Crippen molar-refractivity contribution in [2.75, 3.05) is 0 Å². The van der Waals surface area contributed by atoms with Gasteiger partial charge in [-0.3, -0.25) is 4.79 Å². The lowest BCUT2D eigenvalue weighted by atomic mass is 10.1. The van der Waals surface area contributed by atoms with Crippen molar-refractivity contribution in [1.29, 1.82) is 0 Å². The quantitative estimate of drug-likeness (QED) is 0.473. The van der Waals surface area contributed by atoms with Crippen LogP contribution in [0.3, 0.4) is 0 Å². The van der Waals surface area contributed by atoms with E-state index in [4.69, 9.17) is 0 Å². The number of hydrogen-bond acceptors (Lipinski definition) is 4. The number of nitrogens with zero attached hydrogens (tertiary/aromatic N) is 4. The zero-order valence-electron chi connectivity index (χ0n) is 15.8. The van der Waals surface area contributed by atoms with Crippen LogP contribution in [0.25, 0.3) is 21.3 Å². The molecule has 1 aliphatic rings. The van der Waals surface area contributed by atoms with E-state index in [2.05, 4.69) is 34.6 Å². The topological polar surface area (TPSA) is 52.2 Å². The molecule has 1 saturated carbocycles. The first-order valence-electron chi connectivity index (χ1n) is 9.40. The molecule has 0 saturated heterocycles. The molecule has 6 heteroatoms. The van der Waals surface area contributed by atoms with Gasteiger partial charge in [0.2, 0.25) is 0 Å². The second-order valence-corrected chi connectivity index (χ2v) is 8.12. The second-order valence-electron chi connectivity index (χ2n) is 7.26. The molecule has 28 heavy (non-hydrogen) atoms. The Kier molecular flexibility index (Phi) is 4.02. The maximum atomic E-state index is 13.1. The van der Waals surface area contributed by atoms with Crippen molar-refractivity contribution in [2.45, 2.75) is 32.7 Å². The van der Waals surface area contributed by atoms with Crippen molar-refractivity contribution < 1.29 is 0 Å². The van der Waals surface area contributed by atoms with Gasteiger partial charge in [0.15, 0.2) is 0 Å². The molecule has 4 aromatic rings. The van der Waals surface area contributed by atoms with Crippen molar-refractivity contribution in [3.8, 4) is 11.1 Å². The van der Waals surface area contributed by atoms with Crippen molar-refractivity contribution >= 4 is 27.8 Å². The van der Waals surface area contributed by atoms with Gasteiger partial charge in [0.25, 0.3) is 5.56 Å². The van der Waals surface area contributed by atoms with Crippen molar-refractivity contribution in [3.05, 3.63) is 75.4 Å². The fourth-order valence-corrected chi connectivity index (χ4v) is 4.69. The highest BCUT2D eigenvalue weighted by Gasteiger charge is 2.26. The molecule has 0 aliphatic heterocycles. The molecule has 0 bridgehead atoms. The summed E-state index contributed by atoms with van der Waals surface area (Å²) in [6.45, 7) is 4.24. The second kappa shape index (κ2) is 6.56. The third kappa shape index (κ3) is 2.81. The molecule has 0 N–H and O–H groups in total. The summed E-state index contributed by atoms with van der Waals surface area (Å²) in [5.74, 6) is 0. The summed E-state index contributed by atoms with van der Waals surface area (Å²) in [7, 11) is 0. The molecule has 0 atom stereocenters. The predicted octanol–water partition coefficient (Wildman–Crippen LogP) is 4.76. The van der Waals surface area contributed by atoms with Gasteiger partial charge in [0.05, 0.1) is 11.6 Å². The fraction of sp³-hybridized carbons (Fsp3) is 0.227. The van der Waals surface area contributed by atoms with Crippen molar-refractivity contribution in [1.82, 2.24) is 14.2 Å². The van der Waals surface area contributed by atoms with Crippen LogP contribution in [-0.2, 0) is 0 Å². The van der Waals surface area contributed by atoms with Crippen LogP contribution < -0.4 is 5.56 Å². The van der Waals surface area contributed by atoms with E-state index >= 15 is 0 Å². The van der Waals surface area contributed by atoms with Gasteiger partial charge in [-0.05, 0) is 38.3 Å². The number of fused-ring (bicyclic) bond motifs is 1. The van der Waals surface area contributed by atoms with Gasteiger partial charge in [0.1, 0.15) is 11.2 Å². The van der Waals surface area contributed by atoms with E-state index < -0.39 is 0 Å². The molecular weight excluding hydrogens is 368 g/mol. The van der Waals surface area contributed by atoms with Gasteiger partial charge >= 0.3 is 0 Å². The maximum Gasteiger partial charge on any atom is 0.283 e. The number of benzene rings is 1. The van der Waals surface area contributed by atoms with Gasteiger partial charge < -0.3 is 4.57 Å². The van der Waals surface area contributed by atoms with Crippen molar-refractivity contribution in [2.24, 2.45) is 5.10 Å². The lowest BCUT2D eigenvalue weighted by molar-refractivity contribution is 0.699. The van der Waals surface area contributed by atoms with E-state index in [0.29, 0.717) is 11.4 Å². The van der Waals surface area contributed by atoms with Crippen LogP contribution >= 0.6 is 11.3 Å². The lowest BCUT2D eigenvalue weighted by Crippen LogP contribution is -2.16. The summed E-state index contributed by atoms with van der Waals surface area (Å²) in [4.78, 5) is 18.3. The lowest BCUT2D eigenvalue weighted by Gasteiger charge is -2.06. The molecule has 140 valence electrons. The number of hydrogen-bond donors (Lipinski definition) is 0. The third-order valence-electron chi connectivity index (χ3n) is 5.32. The third-order valence-corrected chi connectivity index (χ3v) is 6.21. The number of aryl methyl sites for hydroxylation is 1. The van der Waals surface area contributed by atoms with E-state index in [0.717, 1.165) is 21.5 Å². The molecule has 3 aromatic heterocycles. The van der Waals surface area contributed by atoms with E-state index in [1.165, 1.54) is 46.6 Å². The highest BCUT2D eigenvalue weighted by atomic mass is 32.1. The predicted molar refractivity (Wildman–Crippen MR) is 114 cm³/mol. The molecule has 0 unspecified atom stereocenters. The van der Waals surface area contributed by atoms with E-state index in [1.807, 2.05) is 35.7 Å². The Morgan fingerprint density at radius 1 is 1.21 bits per heavy atom. The minimum Gasteiger partial charge on any atom is -0.345 e. The zero-order valence-corrected chi connectivity index (χ0v) is 16.6. The van der Waals surface area contributed by atoms with Gasteiger partial charge in [-0.15, -0.1) is 11.3 Å². The van der Waals surface area contributed by atoms with Crippen LogP contribution in [0.15, 0.2) is 58.0 Å². The molecule has 0 radical (unpaired) electrons. The van der Waals surface area contributed by atoms with E-state index in [-0.39, 0.29) is 5.56 Å². The van der Waals surface area contributed by atoms with Gasteiger partial charge in [-0.25, -0.2) is 4.98 Å². The molecular formula is C22H20N4OS. The Morgan fingerprint density at radius 2 is 2.00 bits per heavy atom. The van der Waals surface area contributed by atoms with E-state index in [1.54, 1.807) is 6.21 Å². The monoisotopic (exact) mass is 388 g/mol. The van der Waals surface area contributed by atoms with Crippen LogP contribution in [0.4, 0.5) is 0 Å². The fourth-order valence-electron chi connectivity index (χ4n) is 3.79. The molecule has 5 nitrogen and oxygen atoms in total. The summed E-state index contributed by atoms with van der Waals surface area (Å²) >= 11 is 1.48. The molecule has 0 amide bonds. The van der Waals surface area contributed by atoms with Gasteiger partial charge in [-0.1, -0.05) is 30.3 Å². The standard InChI is InChI=1S/C22H20N4OS/c1-14-10-17(15(2)26(14)18-8-9-18)11-24-25-13-23-21-20(22(25)27)19(12-28-21)16-6-4-3-5-7-16/h3-7,10-13,18H,8-9H2,1-2H3/b24-11+. The first-order valence-corrected chi connectivity index (χ1v) is 10.3. The Balaban J connectivity index is 1.57. The van der Waals surface area contributed by atoms with Crippen LogP contribution in [0.1, 0.15) is 35.8 Å². The number of thiophene rings is 1. The summed E-state index contributed by atoms with van der Waals surface area (Å²) in [5.41, 5.74) is 5.28. The first kappa shape index (κ1) is 17.1. The number of rotatable bonds is 4. The highest BCUT2D eigenvalue weighted by molar-refractivity contribution is 7.17. The molecule has 1 aromatic carbocycles. The van der Waals surface area contributed by atoms with Crippen LogP contribution in [0.2, 0.25) is 0 Å². The normalized spacial score (nSPS) is 14.4. The minimum absolute atomic E-state index is 0.141. The first-order chi connectivity index (χ1) is 13.6. The van der Waals surface area contributed by atoms with Crippen LogP contribution in [-0.4, -0.2) is 20.4 Å². The summed E-state index contributed by atoms with van der Waals surface area (Å²) in [6.07, 6.45) is 5.76. The summed E-state index contributed by atoms with van der Waals surface area (Å²) in [5, 5.41) is 7.06. The molecule has 0 spiro atoms. The van der Waals surface area contributed by atoms with Gasteiger partial charge in [0, 0.05) is 33.9 Å².